The van der Waals surface area contributed by atoms with E-state index < -0.39 is 5.97 Å². The minimum absolute atomic E-state index is 0.265. The summed E-state index contributed by atoms with van der Waals surface area (Å²) >= 11 is 4.80. The van der Waals surface area contributed by atoms with Gasteiger partial charge in [0.05, 0.1) is 11.8 Å². The Kier molecular flexibility index (Phi) is 2.64. The van der Waals surface area contributed by atoms with E-state index in [1.165, 1.54) is 11.3 Å². The van der Waals surface area contributed by atoms with E-state index in [4.69, 9.17) is 5.11 Å². The molecule has 0 aliphatic rings. The van der Waals surface area contributed by atoms with Crippen LogP contribution in [0.4, 0.5) is 0 Å². The predicted octanol–water partition coefficient (Wildman–Crippen LogP) is 2.92. The fourth-order valence-electron chi connectivity index (χ4n) is 1.54. The van der Waals surface area contributed by atoms with E-state index in [-0.39, 0.29) is 5.56 Å². The molecular weight excluding hydrogens is 318 g/mol. The van der Waals surface area contributed by atoms with Crippen LogP contribution >= 0.6 is 27.3 Å². The molecule has 18 heavy (non-hydrogen) atoms. The number of benzene rings is 1. The number of fused-ring (bicyclic) bond motifs is 1. The van der Waals surface area contributed by atoms with Gasteiger partial charge in [-0.2, -0.15) is 9.61 Å². The van der Waals surface area contributed by atoms with Crippen molar-refractivity contribution in [1.82, 2.24) is 14.6 Å². The molecular formula is C11H6BrN3O2S. The maximum absolute atomic E-state index is 10.8. The maximum Gasteiger partial charge on any atom is 0.335 e. The van der Waals surface area contributed by atoms with Gasteiger partial charge in [-0.15, -0.1) is 0 Å². The number of rotatable bonds is 2. The molecule has 0 spiro atoms. The van der Waals surface area contributed by atoms with Crippen LogP contribution in [0.1, 0.15) is 10.4 Å². The predicted molar refractivity (Wildman–Crippen MR) is 71.0 cm³/mol. The summed E-state index contributed by atoms with van der Waals surface area (Å²) in [6, 6.07) is 6.62. The number of imidazole rings is 1. The van der Waals surface area contributed by atoms with Gasteiger partial charge in [-0.3, -0.25) is 0 Å². The number of carbonyl (C=O) groups is 1. The highest BCUT2D eigenvalue weighted by Gasteiger charge is 2.10. The van der Waals surface area contributed by atoms with Crippen LogP contribution in [0.15, 0.2) is 35.1 Å². The Balaban J connectivity index is 2.05. The first kappa shape index (κ1) is 11.4. The number of nitrogens with zero attached hydrogens (tertiary/aromatic N) is 3. The Hall–Kier alpha value is -1.73. The van der Waals surface area contributed by atoms with Crippen molar-refractivity contribution in [2.45, 2.75) is 0 Å². The lowest BCUT2D eigenvalue weighted by atomic mass is 10.1. The molecule has 0 radical (unpaired) electrons. The van der Waals surface area contributed by atoms with Gasteiger partial charge in [0.2, 0.25) is 4.96 Å². The van der Waals surface area contributed by atoms with Crippen molar-refractivity contribution in [3.05, 3.63) is 40.6 Å². The summed E-state index contributed by atoms with van der Waals surface area (Å²) in [7, 11) is 0. The first-order chi connectivity index (χ1) is 8.65. The molecule has 0 saturated carbocycles. The van der Waals surface area contributed by atoms with Crippen molar-refractivity contribution >= 4 is 38.2 Å². The summed E-state index contributed by atoms with van der Waals surface area (Å²) in [4.78, 5) is 15.7. The van der Waals surface area contributed by atoms with Gasteiger partial charge in [0, 0.05) is 5.56 Å². The van der Waals surface area contributed by atoms with Gasteiger partial charge in [-0.1, -0.05) is 23.5 Å². The molecule has 0 aliphatic carbocycles. The van der Waals surface area contributed by atoms with Crippen LogP contribution in [0.2, 0.25) is 0 Å². The van der Waals surface area contributed by atoms with E-state index in [1.54, 1.807) is 35.0 Å². The zero-order valence-electron chi connectivity index (χ0n) is 8.87. The second-order valence-corrected chi connectivity index (χ2v) is 5.33. The van der Waals surface area contributed by atoms with E-state index in [2.05, 4.69) is 26.0 Å². The van der Waals surface area contributed by atoms with E-state index in [1.807, 2.05) is 0 Å². The molecule has 7 heteroatoms. The normalized spacial score (nSPS) is 10.9. The molecule has 90 valence electrons. The molecule has 0 bridgehead atoms. The van der Waals surface area contributed by atoms with Gasteiger partial charge in [-0.05, 0) is 28.1 Å². The Labute approximate surface area is 114 Å². The van der Waals surface area contributed by atoms with E-state index in [0.717, 1.165) is 20.1 Å². The van der Waals surface area contributed by atoms with Gasteiger partial charge in [0.1, 0.15) is 9.61 Å². The average molecular weight is 324 g/mol. The minimum Gasteiger partial charge on any atom is -0.478 e. The third kappa shape index (κ3) is 1.81. The van der Waals surface area contributed by atoms with Crippen molar-refractivity contribution in [1.29, 1.82) is 0 Å². The van der Waals surface area contributed by atoms with Crippen molar-refractivity contribution in [3.63, 3.8) is 0 Å². The number of carboxylic acid groups (broad SMARTS) is 1. The molecule has 5 nitrogen and oxygen atoms in total. The number of aromatic nitrogens is 3. The van der Waals surface area contributed by atoms with Gasteiger partial charge in [0.15, 0.2) is 0 Å². The molecule has 0 amide bonds. The minimum atomic E-state index is -0.932. The lowest BCUT2D eigenvalue weighted by Crippen LogP contribution is -1.95. The third-order valence-electron chi connectivity index (χ3n) is 2.42. The first-order valence-corrected chi connectivity index (χ1v) is 6.60. The molecule has 2 aromatic heterocycles. The van der Waals surface area contributed by atoms with Crippen LogP contribution < -0.4 is 0 Å². The van der Waals surface area contributed by atoms with E-state index in [9.17, 15) is 4.79 Å². The van der Waals surface area contributed by atoms with Crippen molar-refractivity contribution in [3.8, 4) is 10.6 Å². The second-order valence-electron chi connectivity index (χ2n) is 3.57. The highest BCUT2D eigenvalue weighted by molar-refractivity contribution is 9.10. The maximum atomic E-state index is 10.8. The first-order valence-electron chi connectivity index (χ1n) is 4.99. The molecule has 0 atom stereocenters. The van der Waals surface area contributed by atoms with Crippen molar-refractivity contribution in [2.24, 2.45) is 0 Å². The SMILES string of the molecule is O=C(O)c1ccc(-c2nn3c(Br)cnc3s2)cc1. The number of aromatic carboxylic acids is 1. The van der Waals surface area contributed by atoms with Gasteiger partial charge in [0.25, 0.3) is 0 Å². The second kappa shape index (κ2) is 4.18. The summed E-state index contributed by atoms with van der Waals surface area (Å²) in [5, 5.41) is 14.0. The Morgan fingerprint density at radius 2 is 2.06 bits per heavy atom. The highest BCUT2D eigenvalue weighted by atomic mass is 79.9. The summed E-state index contributed by atoms with van der Waals surface area (Å²) in [5.74, 6) is -0.932. The Morgan fingerprint density at radius 1 is 1.33 bits per heavy atom. The number of hydrogen-bond acceptors (Lipinski definition) is 4. The number of halogens is 1. The number of carboxylic acids is 1. The van der Waals surface area contributed by atoms with Gasteiger partial charge in [-0.25, -0.2) is 9.78 Å². The summed E-state index contributed by atoms with van der Waals surface area (Å²) in [6.07, 6.45) is 1.69. The monoisotopic (exact) mass is 323 g/mol. The highest BCUT2D eigenvalue weighted by Crippen LogP contribution is 2.27. The molecule has 2 heterocycles. The standard InChI is InChI=1S/C11H6BrN3O2S/c12-8-5-13-11-15(8)14-9(18-11)6-1-3-7(4-2-6)10(16)17/h1-5H,(H,16,17). The summed E-state index contributed by atoms with van der Waals surface area (Å²) < 4.78 is 2.49. The molecule has 0 unspecified atom stereocenters. The smallest absolute Gasteiger partial charge is 0.335 e. The van der Waals surface area contributed by atoms with Crippen molar-refractivity contribution < 1.29 is 9.90 Å². The molecule has 1 N–H and O–H groups in total. The van der Waals surface area contributed by atoms with Crippen LogP contribution in [0.3, 0.4) is 0 Å². The van der Waals surface area contributed by atoms with Crippen LogP contribution in [0.25, 0.3) is 15.5 Å². The summed E-state index contributed by atoms with van der Waals surface area (Å²) in [6.45, 7) is 0. The number of hydrogen-bond donors (Lipinski definition) is 1. The zero-order chi connectivity index (χ0) is 12.7. The largest absolute Gasteiger partial charge is 0.478 e. The fourth-order valence-corrected chi connectivity index (χ4v) is 2.89. The molecule has 3 aromatic rings. The fraction of sp³-hybridized carbons (Fsp3) is 0. The van der Waals surface area contributed by atoms with Crippen LogP contribution in [-0.2, 0) is 0 Å². The molecule has 0 saturated heterocycles. The summed E-state index contributed by atoms with van der Waals surface area (Å²) in [5.41, 5.74) is 1.14. The molecule has 0 aliphatic heterocycles. The van der Waals surface area contributed by atoms with Gasteiger partial charge >= 0.3 is 5.97 Å². The van der Waals surface area contributed by atoms with E-state index >= 15 is 0 Å². The molecule has 0 fully saturated rings. The van der Waals surface area contributed by atoms with Crippen molar-refractivity contribution in [2.75, 3.05) is 0 Å². The Morgan fingerprint density at radius 3 is 2.67 bits per heavy atom. The lowest BCUT2D eigenvalue weighted by Gasteiger charge is -1.96. The van der Waals surface area contributed by atoms with E-state index in [0.29, 0.717) is 0 Å². The topological polar surface area (TPSA) is 67.5 Å². The van der Waals surface area contributed by atoms with Crippen LogP contribution in [-0.4, -0.2) is 25.7 Å². The van der Waals surface area contributed by atoms with Crippen LogP contribution in [0, 0.1) is 0 Å². The lowest BCUT2D eigenvalue weighted by molar-refractivity contribution is 0.0697. The average Bonchev–Trinajstić information content (AvgIpc) is 2.92. The van der Waals surface area contributed by atoms with Gasteiger partial charge < -0.3 is 5.11 Å². The molecule has 1 aromatic carbocycles. The zero-order valence-corrected chi connectivity index (χ0v) is 11.3. The Bertz CT molecular complexity index is 732. The molecule has 3 rings (SSSR count). The third-order valence-corrected chi connectivity index (χ3v) is 3.93. The quantitative estimate of drug-likeness (QED) is 0.787. The van der Waals surface area contributed by atoms with Crippen LogP contribution in [0.5, 0.6) is 0 Å².